The van der Waals surface area contributed by atoms with Crippen LogP contribution in [0.25, 0.3) is 11.4 Å². The molecule has 2 N–H and O–H groups in total. The van der Waals surface area contributed by atoms with Crippen molar-refractivity contribution in [1.29, 1.82) is 0 Å². The van der Waals surface area contributed by atoms with Gasteiger partial charge in [0.05, 0.1) is 23.3 Å². The van der Waals surface area contributed by atoms with Crippen LogP contribution in [0.3, 0.4) is 0 Å². The molecule has 0 bridgehead atoms. The van der Waals surface area contributed by atoms with Crippen molar-refractivity contribution in [3.05, 3.63) is 57.1 Å². The fourth-order valence-corrected chi connectivity index (χ4v) is 3.28. The molecule has 0 fully saturated rings. The molecule has 0 saturated carbocycles. The number of aryl methyl sites for hydroxylation is 1. The molecule has 0 atom stereocenters. The molecule has 1 aromatic heterocycles. The number of hydrogen-bond acceptors (Lipinski definition) is 7. The van der Waals surface area contributed by atoms with E-state index in [1.165, 1.54) is 19.2 Å². The summed E-state index contributed by atoms with van der Waals surface area (Å²) in [6, 6.07) is 9.71. The van der Waals surface area contributed by atoms with Gasteiger partial charge in [-0.2, -0.15) is 0 Å². The molecule has 0 unspecified atom stereocenters. The molecule has 0 aliphatic heterocycles. The highest BCUT2D eigenvalue weighted by Crippen LogP contribution is 2.31. The number of hydrogen-bond donors (Lipinski definition) is 2. The van der Waals surface area contributed by atoms with E-state index in [4.69, 9.17) is 16.3 Å². The molecule has 1 heterocycles. The zero-order valence-corrected chi connectivity index (χ0v) is 17.0. The maximum atomic E-state index is 12.2. The molecular formula is C18H16ClN5O4S. The van der Waals surface area contributed by atoms with E-state index in [9.17, 15) is 14.9 Å². The molecule has 2 aromatic carbocycles. The molecule has 29 heavy (non-hydrogen) atoms. The van der Waals surface area contributed by atoms with Crippen molar-refractivity contribution in [2.75, 3.05) is 18.2 Å². The molecule has 1 amide bonds. The number of carbonyl (C=O) groups is 1. The number of halogens is 1. The van der Waals surface area contributed by atoms with Crippen LogP contribution in [0.15, 0.2) is 41.6 Å². The zero-order chi connectivity index (χ0) is 21.0. The fraction of sp³-hybridized carbons (Fsp3) is 0.167. The van der Waals surface area contributed by atoms with Gasteiger partial charge in [0.15, 0.2) is 5.82 Å². The van der Waals surface area contributed by atoms with Gasteiger partial charge in [0.1, 0.15) is 11.4 Å². The summed E-state index contributed by atoms with van der Waals surface area (Å²) in [6.07, 6.45) is 0. The van der Waals surface area contributed by atoms with Crippen LogP contribution in [0, 0.1) is 17.0 Å². The lowest BCUT2D eigenvalue weighted by Crippen LogP contribution is -2.15. The Morgan fingerprint density at radius 1 is 1.34 bits per heavy atom. The molecule has 3 rings (SSSR count). The van der Waals surface area contributed by atoms with E-state index in [1.54, 1.807) is 31.2 Å². The van der Waals surface area contributed by atoms with Crippen molar-refractivity contribution < 1.29 is 14.5 Å². The second-order valence-electron chi connectivity index (χ2n) is 5.93. The van der Waals surface area contributed by atoms with Gasteiger partial charge in [0.25, 0.3) is 5.69 Å². The second-order valence-corrected chi connectivity index (χ2v) is 7.30. The molecule has 0 saturated heterocycles. The van der Waals surface area contributed by atoms with Gasteiger partial charge in [-0.3, -0.25) is 20.0 Å². The van der Waals surface area contributed by atoms with Gasteiger partial charge >= 0.3 is 0 Å². The second kappa shape index (κ2) is 8.93. The molecule has 0 aliphatic rings. The van der Waals surface area contributed by atoms with Crippen LogP contribution in [-0.4, -0.2) is 38.9 Å². The number of rotatable bonds is 7. The minimum Gasteiger partial charge on any atom is -0.496 e. The van der Waals surface area contributed by atoms with Gasteiger partial charge in [-0.1, -0.05) is 29.4 Å². The van der Waals surface area contributed by atoms with Gasteiger partial charge in [-0.25, -0.2) is 4.98 Å². The first-order valence-electron chi connectivity index (χ1n) is 8.31. The first-order chi connectivity index (χ1) is 13.9. The number of H-pyrrole nitrogens is 1. The van der Waals surface area contributed by atoms with Crippen molar-refractivity contribution in [3.63, 3.8) is 0 Å². The fourth-order valence-electron chi connectivity index (χ4n) is 2.51. The Balaban J connectivity index is 1.67. The first kappa shape index (κ1) is 20.6. The number of nitrogens with one attached hydrogen (secondary N) is 2. The Morgan fingerprint density at radius 3 is 2.86 bits per heavy atom. The summed E-state index contributed by atoms with van der Waals surface area (Å²) in [5, 5.41) is 21.4. The highest BCUT2D eigenvalue weighted by atomic mass is 35.5. The van der Waals surface area contributed by atoms with Crippen LogP contribution in [0.1, 0.15) is 5.56 Å². The molecule has 3 aromatic rings. The van der Waals surface area contributed by atoms with Crippen molar-refractivity contribution in [2.24, 2.45) is 0 Å². The zero-order valence-electron chi connectivity index (χ0n) is 15.4. The lowest BCUT2D eigenvalue weighted by atomic mass is 10.2. The third-order valence-corrected chi connectivity index (χ3v) is 4.92. The molecule has 11 heteroatoms. The Labute approximate surface area is 175 Å². The van der Waals surface area contributed by atoms with E-state index >= 15 is 0 Å². The Bertz CT molecular complexity index is 1070. The Kier molecular flexibility index (Phi) is 6.35. The lowest BCUT2D eigenvalue weighted by Gasteiger charge is -2.06. The van der Waals surface area contributed by atoms with Gasteiger partial charge in [-0.05, 0) is 36.8 Å². The molecular weight excluding hydrogens is 418 g/mol. The number of carbonyl (C=O) groups excluding carboxylic acids is 1. The maximum absolute atomic E-state index is 12.2. The summed E-state index contributed by atoms with van der Waals surface area (Å²) in [7, 11) is 1.54. The number of amides is 1. The van der Waals surface area contributed by atoms with Gasteiger partial charge < -0.3 is 10.1 Å². The van der Waals surface area contributed by atoms with E-state index < -0.39 is 10.8 Å². The van der Waals surface area contributed by atoms with Gasteiger partial charge in [0.2, 0.25) is 11.1 Å². The van der Waals surface area contributed by atoms with E-state index in [-0.39, 0.29) is 17.1 Å². The number of nitrogens with zero attached hydrogens (tertiary/aromatic N) is 3. The highest BCUT2D eigenvalue weighted by Gasteiger charge is 2.17. The largest absolute Gasteiger partial charge is 0.496 e. The number of thioether (sulfide) groups is 1. The molecule has 0 aliphatic carbocycles. The lowest BCUT2D eigenvalue weighted by molar-refractivity contribution is -0.384. The number of nitro benzene ring substituents is 1. The average Bonchev–Trinajstić information content (AvgIpc) is 3.16. The molecule has 0 radical (unpaired) electrons. The maximum Gasteiger partial charge on any atom is 0.293 e. The van der Waals surface area contributed by atoms with Crippen molar-refractivity contribution >= 4 is 40.6 Å². The summed E-state index contributed by atoms with van der Waals surface area (Å²) < 4.78 is 5.30. The molecule has 9 nitrogen and oxygen atoms in total. The first-order valence-corrected chi connectivity index (χ1v) is 9.67. The van der Waals surface area contributed by atoms with Crippen LogP contribution < -0.4 is 10.1 Å². The average molecular weight is 434 g/mol. The number of nitro groups is 1. The summed E-state index contributed by atoms with van der Waals surface area (Å²) in [5.41, 5.74) is 1.36. The normalized spacial score (nSPS) is 10.6. The molecule has 0 spiro atoms. The van der Waals surface area contributed by atoms with Crippen LogP contribution >= 0.6 is 23.4 Å². The highest BCUT2D eigenvalue weighted by molar-refractivity contribution is 7.99. The number of ether oxygens (including phenoxy) is 1. The van der Waals surface area contributed by atoms with Crippen LogP contribution in [0.4, 0.5) is 11.4 Å². The number of methoxy groups -OCH3 is 1. The minimum atomic E-state index is -0.532. The van der Waals surface area contributed by atoms with Crippen LogP contribution in [0.5, 0.6) is 5.75 Å². The van der Waals surface area contributed by atoms with Crippen molar-refractivity contribution in [2.45, 2.75) is 12.1 Å². The van der Waals surface area contributed by atoms with E-state index in [0.29, 0.717) is 27.3 Å². The van der Waals surface area contributed by atoms with Crippen molar-refractivity contribution in [1.82, 2.24) is 15.2 Å². The quantitative estimate of drug-likeness (QED) is 0.327. The summed E-state index contributed by atoms with van der Waals surface area (Å²) in [5.74, 6) is 0.594. The van der Waals surface area contributed by atoms with Crippen molar-refractivity contribution in [3.8, 4) is 17.1 Å². The minimum absolute atomic E-state index is 0.0188. The smallest absolute Gasteiger partial charge is 0.293 e. The van der Waals surface area contributed by atoms with E-state index in [2.05, 4.69) is 20.5 Å². The van der Waals surface area contributed by atoms with Crippen LogP contribution in [0.2, 0.25) is 5.02 Å². The summed E-state index contributed by atoms with van der Waals surface area (Å²) in [4.78, 5) is 27.2. The predicted molar refractivity (Wildman–Crippen MR) is 111 cm³/mol. The van der Waals surface area contributed by atoms with Gasteiger partial charge in [-0.15, -0.1) is 5.10 Å². The van der Waals surface area contributed by atoms with Crippen LogP contribution in [-0.2, 0) is 4.79 Å². The van der Waals surface area contributed by atoms with Gasteiger partial charge in [0, 0.05) is 11.1 Å². The Hall–Kier alpha value is -3.11. The predicted octanol–water partition coefficient (Wildman–Crippen LogP) is 4.08. The Morgan fingerprint density at radius 2 is 2.14 bits per heavy atom. The van der Waals surface area contributed by atoms with E-state index in [1.807, 2.05) is 0 Å². The number of aromatic nitrogens is 3. The number of anilines is 1. The monoisotopic (exact) mass is 433 g/mol. The van der Waals surface area contributed by atoms with E-state index in [0.717, 1.165) is 17.3 Å². The summed E-state index contributed by atoms with van der Waals surface area (Å²) >= 11 is 7.12. The molecule has 150 valence electrons. The summed E-state index contributed by atoms with van der Waals surface area (Å²) in [6.45, 7) is 1.74. The number of benzene rings is 2. The standard InChI is InChI=1S/C18H16ClN5O4S/c1-10-3-5-13(14(7-10)24(26)27)20-16(25)9-29-18-21-17(22-23-18)12-8-11(19)4-6-15(12)28-2/h3-8H,9H2,1-2H3,(H,20,25)(H,21,22,23). The third kappa shape index (κ3) is 5.04. The SMILES string of the molecule is COc1ccc(Cl)cc1-c1nc(SCC(=O)Nc2ccc(C)cc2[N+](=O)[O-])n[nH]1. The number of aromatic amines is 1. The third-order valence-electron chi connectivity index (χ3n) is 3.84. The topological polar surface area (TPSA) is 123 Å².